The van der Waals surface area contributed by atoms with Crippen molar-refractivity contribution in [1.29, 1.82) is 0 Å². The van der Waals surface area contributed by atoms with E-state index in [2.05, 4.69) is 11.6 Å². The lowest BCUT2D eigenvalue weighted by Gasteiger charge is -2.31. The van der Waals surface area contributed by atoms with Crippen LogP contribution in [0.4, 0.5) is 0 Å². The van der Waals surface area contributed by atoms with E-state index in [0.717, 1.165) is 23.3 Å². The Morgan fingerprint density at radius 2 is 1.79 bits per heavy atom. The molecule has 1 N–H and O–H groups in total. The number of rotatable bonds is 6. The second-order valence-electron chi connectivity index (χ2n) is 7.59. The second kappa shape index (κ2) is 9.32. The summed E-state index contributed by atoms with van der Waals surface area (Å²) in [6, 6.07) is 13.9. The maximum atomic E-state index is 13.1. The largest absolute Gasteiger partial charge is 0.339 e. The summed E-state index contributed by atoms with van der Waals surface area (Å²) in [5.41, 5.74) is 1.35. The molecule has 1 aliphatic heterocycles. The van der Waals surface area contributed by atoms with Crippen LogP contribution >= 0.6 is 11.8 Å². The minimum atomic E-state index is -3.76. The summed E-state index contributed by atoms with van der Waals surface area (Å²) in [5, 5.41) is 0. The van der Waals surface area contributed by atoms with Gasteiger partial charge in [-0.2, -0.15) is 0 Å². The number of sulfonamides is 1. The summed E-state index contributed by atoms with van der Waals surface area (Å²) >= 11 is 1.46. The van der Waals surface area contributed by atoms with Crippen LogP contribution in [-0.2, 0) is 10.0 Å². The molecule has 0 bridgehead atoms. The fourth-order valence-electron chi connectivity index (χ4n) is 3.51. The zero-order valence-corrected chi connectivity index (χ0v) is 18.7. The molecule has 1 atom stereocenters. The van der Waals surface area contributed by atoms with Crippen molar-refractivity contribution in [2.75, 3.05) is 19.3 Å². The van der Waals surface area contributed by atoms with Crippen LogP contribution < -0.4 is 4.72 Å². The van der Waals surface area contributed by atoms with E-state index < -0.39 is 10.0 Å². The molecule has 2 aromatic carbocycles. The summed E-state index contributed by atoms with van der Waals surface area (Å²) in [4.78, 5) is 15.9. The normalized spacial score (nSPS) is 16.6. The first kappa shape index (κ1) is 21.9. The van der Waals surface area contributed by atoms with Gasteiger partial charge in [-0.15, -0.1) is 11.8 Å². The summed E-state index contributed by atoms with van der Waals surface area (Å²) in [5.74, 6) is 0.531. The standard InChI is InChI=1S/C22H28N2O3S2/c1-16-11-13-24(14-12-16)22(25)20-15-19(9-10-21(20)28-3)29(26,27)23-17(2)18-7-5-4-6-8-18/h4-10,15-17,23H,11-14H2,1-3H3/t17-/m1/s1. The molecule has 0 unspecified atom stereocenters. The predicted octanol–water partition coefficient (Wildman–Crippen LogP) is 4.32. The van der Waals surface area contributed by atoms with E-state index in [-0.39, 0.29) is 16.8 Å². The Morgan fingerprint density at radius 3 is 2.41 bits per heavy atom. The first-order chi connectivity index (χ1) is 13.8. The molecule has 1 heterocycles. The highest BCUT2D eigenvalue weighted by molar-refractivity contribution is 7.98. The number of nitrogens with one attached hydrogen (secondary N) is 1. The predicted molar refractivity (Wildman–Crippen MR) is 118 cm³/mol. The van der Waals surface area contributed by atoms with E-state index in [1.54, 1.807) is 12.1 Å². The van der Waals surface area contributed by atoms with Crippen LogP contribution in [0.3, 0.4) is 0 Å². The summed E-state index contributed by atoms with van der Waals surface area (Å²) < 4.78 is 28.7. The smallest absolute Gasteiger partial charge is 0.255 e. The number of nitrogens with zero attached hydrogens (tertiary/aromatic N) is 1. The Kier molecular flexibility index (Phi) is 7.03. The maximum Gasteiger partial charge on any atom is 0.255 e. The number of carbonyl (C=O) groups excluding carboxylic acids is 1. The van der Waals surface area contributed by atoms with E-state index in [0.29, 0.717) is 24.6 Å². The highest BCUT2D eigenvalue weighted by Crippen LogP contribution is 2.27. The van der Waals surface area contributed by atoms with Crippen molar-refractivity contribution in [1.82, 2.24) is 9.62 Å². The number of piperidine rings is 1. The third kappa shape index (κ3) is 5.21. The van der Waals surface area contributed by atoms with E-state index in [1.165, 1.54) is 17.8 Å². The molecule has 1 amide bonds. The Hall–Kier alpha value is -1.83. The monoisotopic (exact) mass is 432 g/mol. The number of amides is 1. The van der Waals surface area contributed by atoms with Crippen molar-refractivity contribution in [3.8, 4) is 0 Å². The third-order valence-corrected chi connectivity index (χ3v) is 7.75. The van der Waals surface area contributed by atoms with Crippen molar-refractivity contribution in [3.63, 3.8) is 0 Å². The van der Waals surface area contributed by atoms with Gasteiger partial charge in [-0.1, -0.05) is 37.3 Å². The molecule has 0 aliphatic carbocycles. The average Bonchev–Trinajstić information content (AvgIpc) is 2.73. The number of hydrogen-bond donors (Lipinski definition) is 1. The molecule has 0 aromatic heterocycles. The van der Waals surface area contributed by atoms with Gasteiger partial charge in [0.15, 0.2) is 0 Å². The van der Waals surface area contributed by atoms with Crippen LogP contribution in [0.2, 0.25) is 0 Å². The van der Waals surface area contributed by atoms with Gasteiger partial charge in [0.1, 0.15) is 0 Å². The first-order valence-electron chi connectivity index (χ1n) is 9.86. The lowest BCUT2D eigenvalue weighted by atomic mass is 9.98. The number of hydrogen-bond acceptors (Lipinski definition) is 4. The zero-order chi connectivity index (χ0) is 21.0. The van der Waals surface area contributed by atoms with Crippen LogP contribution in [0.5, 0.6) is 0 Å². The van der Waals surface area contributed by atoms with Gasteiger partial charge in [-0.3, -0.25) is 4.79 Å². The van der Waals surface area contributed by atoms with Gasteiger partial charge in [0.2, 0.25) is 10.0 Å². The minimum absolute atomic E-state index is 0.0885. The second-order valence-corrected chi connectivity index (χ2v) is 10.2. The molecule has 1 saturated heterocycles. The molecule has 0 radical (unpaired) electrons. The minimum Gasteiger partial charge on any atom is -0.339 e. The van der Waals surface area contributed by atoms with E-state index in [1.807, 2.05) is 48.4 Å². The van der Waals surface area contributed by atoms with Crippen molar-refractivity contribution in [2.24, 2.45) is 5.92 Å². The molecule has 2 aromatic rings. The molecule has 1 aliphatic rings. The number of benzene rings is 2. The average molecular weight is 433 g/mol. The Bertz CT molecular complexity index is 953. The lowest BCUT2D eigenvalue weighted by molar-refractivity contribution is 0.0693. The Morgan fingerprint density at radius 1 is 1.14 bits per heavy atom. The van der Waals surface area contributed by atoms with E-state index in [4.69, 9.17) is 0 Å². The van der Waals surface area contributed by atoms with Gasteiger partial charge < -0.3 is 4.90 Å². The highest BCUT2D eigenvalue weighted by Gasteiger charge is 2.26. The van der Waals surface area contributed by atoms with Crippen molar-refractivity contribution < 1.29 is 13.2 Å². The molecular weight excluding hydrogens is 404 g/mol. The highest BCUT2D eigenvalue weighted by atomic mass is 32.2. The van der Waals surface area contributed by atoms with Crippen molar-refractivity contribution in [3.05, 3.63) is 59.7 Å². The third-order valence-electron chi connectivity index (χ3n) is 5.41. The molecule has 1 fully saturated rings. The molecule has 29 heavy (non-hydrogen) atoms. The topological polar surface area (TPSA) is 66.5 Å². The van der Waals surface area contributed by atoms with Crippen LogP contribution in [0.1, 0.15) is 48.7 Å². The van der Waals surface area contributed by atoms with Gasteiger partial charge in [0.25, 0.3) is 5.91 Å². The lowest BCUT2D eigenvalue weighted by Crippen LogP contribution is -2.38. The van der Waals surface area contributed by atoms with Gasteiger partial charge in [-0.25, -0.2) is 13.1 Å². The molecule has 5 nitrogen and oxygen atoms in total. The SMILES string of the molecule is CSc1ccc(S(=O)(=O)N[C@H](C)c2ccccc2)cc1C(=O)N1CCC(C)CC1. The van der Waals surface area contributed by atoms with Crippen LogP contribution in [0.15, 0.2) is 58.3 Å². The molecule has 0 spiro atoms. The molecular formula is C22H28N2O3S2. The van der Waals surface area contributed by atoms with Crippen molar-refractivity contribution >= 4 is 27.7 Å². The fraction of sp³-hybridized carbons (Fsp3) is 0.409. The molecule has 3 rings (SSSR count). The van der Waals surface area contributed by atoms with Gasteiger partial charge in [0.05, 0.1) is 10.5 Å². The van der Waals surface area contributed by atoms with Gasteiger partial charge in [-0.05, 0) is 55.7 Å². The number of carbonyl (C=O) groups is 1. The van der Waals surface area contributed by atoms with E-state index >= 15 is 0 Å². The van der Waals surface area contributed by atoms with E-state index in [9.17, 15) is 13.2 Å². The first-order valence-corrected chi connectivity index (χ1v) is 12.6. The summed E-state index contributed by atoms with van der Waals surface area (Å²) in [7, 11) is -3.76. The molecule has 156 valence electrons. The quantitative estimate of drug-likeness (QED) is 0.691. The molecule has 7 heteroatoms. The summed E-state index contributed by atoms with van der Waals surface area (Å²) in [6.45, 7) is 5.44. The fourth-order valence-corrected chi connectivity index (χ4v) is 5.34. The van der Waals surface area contributed by atoms with Crippen LogP contribution in [0, 0.1) is 5.92 Å². The summed E-state index contributed by atoms with van der Waals surface area (Å²) in [6.07, 6.45) is 3.86. The number of likely N-dealkylation sites (tertiary alicyclic amines) is 1. The maximum absolute atomic E-state index is 13.1. The Balaban J connectivity index is 1.86. The van der Waals surface area contributed by atoms with Crippen molar-refractivity contribution in [2.45, 2.75) is 42.5 Å². The van der Waals surface area contributed by atoms with Crippen LogP contribution in [0.25, 0.3) is 0 Å². The van der Waals surface area contributed by atoms with Crippen LogP contribution in [-0.4, -0.2) is 38.6 Å². The molecule has 0 saturated carbocycles. The Labute approximate surface area is 177 Å². The zero-order valence-electron chi connectivity index (χ0n) is 17.1. The van der Waals surface area contributed by atoms with Gasteiger partial charge >= 0.3 is 0 Å². The number of thioether (sulfide) groups is 1. The van der Waals surface area contributed by atoms with Gasteiger partial charge in [0, 0.05) is 24.0 Å².